The van der Waals surface area contributed by atoms with Gasteiger partial charge in [0.05, 0.1) is 6.54 Å². The molecule has 1 aromatic heterocycles. The molecule has 0 bridgehead atoms. The Morgan fingerprint density at radius 1 is 1.00 bits per heavy atom. The largest absolute Gasteiger partial charge is 0.492 e. The minimum atomic E-state index is -0.239. The standard InChI is InChI=1S/C20H21FN2O/c21-15-5-7-16(8-6-15)24-14-13-23-19-4-2-1-3-17(19)18-9-11-22-12-10-20(18)23/h1-8,22H,9-14H2. The lowest BCUT2D eigenvalue weighted by Gasteiger charge is -2.12. The van der Waals surface area contributed by atoms with Crippen LogP contribution in [0.4, 0.5) is 4.39 Å². The van der Waals surface area contributed by atoms with Crippen molar-refractivity contribution in [1.82, 2.24) is 9.88 Å². The molecule has 124 valence electrons. The molecule has 0 saturated heterocycles. The zero-order chi connectivity index (χ0) is 16.4. The fourth-order valence-corrected chi connectivity index (χ4v) is 3.58. The quantitative estimate of drug-likeness (QED) is 0.794. The van der Waals surface area contributed by atoms with Gasteiger partial charge in [0.25, 0.3) is 0 Å². The number of nitrogens with zero attached hydrogens (tertiary/aromatic N) is 1. The maximum atomic E-state index is 13.0. The summed E-state index contributed by atoms with van der Waals surface area (Å²) >= 11 is 0. The summed E-state index contributed by atoms with van der Waals surface area (Å²) in [4.78, 5) is 0. The van der Waals surface area contributed by atoms with Gasteiger partial charge >= 0.3 is 0 Å². The number of nitrogens with one attached hydrogen (secondary N) is 1. The average molecular weight is 324 g/mol. The van der Waals surface area contributed by atoms with E-state index in [1.807, 2.05) is 0 Å². The summed E-state index contributed by atoms with van der Waals surface area (Å²) < 4.78 is 21.2. The number of halogens is 1. The molecule has 1 aliphatic heterocycles. The van der Waals surface area contributed by atoms with Crippen molar-refractivity contribution in [1.29, 1.82) is 0 Å². The number of benzene rings is 2. The lowest BCUT2D eigenvalue weighted by atomic mass is 10.1. The number of hydrogen-bond donors (Lipinski definition) is 1. The maximum Gasteiger partial charge on any atom is 0.123 e. The summed E-state index contributed by atoms with van der Waals surface area (Å²) in [6.45, 7) is 3.42. The Kier molecular flexibility index (Phi) is 4.22. The molecule has 0 atom stereocenters. The lowest BCUT2D eigenvalue weighted by Crippen LogP contribution is -2.18. The summed E-state index contributed by atoms with van der Waals surface area (Å²) in [6.07, 6.45) is 2.11. The Morgan fingerprint density at radius 2 is 1.79 bits per heavy atom. The molecule has 0 unspecified atom stereocenters. The Balaban J connectivity index is 1.59. The molecule has 0 fully saturated rings. The molecule has 0 radical (unpaired) electrons. The summed E-state index contributed by atoms with van der Waals surface area (Å²) in [5, 5.41) is 4.84. The number of hydrogen-bond acceptors (Lipinski definition) is 2. The van der Waals surface area contributed by atoms with E-state index in [0.717, 1.165) is 32.5 Å². The minimum Gasteiger partial charge on any atom is -0.492 e. The van der Waals surface area contributed by atoms with Crippen molar-refractivity contribution in [3.05, 3.63) is 65.6 Å². The number of fused-ring (bicyclic) bond motifs is 3. The Bertz CT molecular complexity index is 839. The van der Waals surface area contributed by atoms with Crippen LogP contribution in [0, 0.1) is 5.82 Å². The highest BCUT2D eigenvalue weighted by molar-refractivity contribution is 5.85. The van der Waals surface area contributed by atoms with Crippen LogP contribution >= 0.6 is 0 Å². The van der Waals surface area contributed by atoms with Crippen molar-refractivity contribution in [3.63, 3.8) is 0 Å². The SMILES string of the molecule is Fc1ccc(OCCn2c3c(c4ccccc42)CCNCC3)cc1. The number of ether oxygens (including phenoxy) is 1. The smallest absolute Gasteiger partial charge is 0.123 e. The van der Waals surface area contributed by atoms with E-state index in [1.165, 1.54) is 34.3 Å². The zero-order valence-corrected chi connectivity index (χ0v) is 13.6. The van der Waals surface area contributed by atoms with Gasteiger partial charge in [-0.1, -0.05) is 18.2 Å². The van der Waals surface area contributed by atoms with Crippen LogP contribution in [0.5, 0.6) is 5.75 Å². The molecule has 24 heavy (non-hydrogen) atoms. The highest BCUT2D eigenvalue weighted by atomic mass is 19.1. The first-order valence-corrected chi connectivity index (χ1v) is 8.51. The molecule has 0 aliphatic carbocycles. The Hall–Kier alpha value is -2.33. The van der Waals surface area contributed by atoms with Crippen molar-refractivity contribution in [2.45, 2.75) is 19.4 Å². The number of para-hydroxylation sites is 1. The molecule has 4 heteroatoms. The number of rotatable bonds is 4. The van der Waals surface area contributed by atoms with Crippen molar-refractivity contribution < 1.29 is 9.13 Å². The van der Waals surface area contributed by atoms with Gasteiger partial charge in [0.1, 0.15) is 18.2 Å². The second kappa shape index (κ2) is 6.65. The van der Waals surface area contributed by atoms with Gasteiger partial charge in [-0.2, -0.15) is 0 Å². The molecule has 0 spiro atoms. The first kappa shape index (κ1) is 15.2. The molecule has 3 aromatic rings. The molecule has 0 amide bonds. The van der Waals surface area contributed by atoms with Crippen LogP contribution in [-0.2, 0) is 19.4 Å². The predicted molar refractivity (Wildman–Crippen MR) is 94.1 cm³/mol. The van der Waals surface area contributed by atoms with Crippen LogP contribution in [-0.4, -0.2) is 24.3 Å². The van der Waals surface area contributed by atoms with E-state index < -0.39 is 0 Å². The predicted octanol–water partition coefficient (Wildman–Crippen LogP) is 3.55. The lowest BCUT2D eigenvalue weighted by molar-refractivity contribution is 0.298. The zero-order valence-electron chi connectivity index (χ0n) is 13.6. The van der Waals surface area contributed by atoms with Gasteiger partial charge in [-0.25, -0.2) is 4.39 Å². The van der Waals surface area contributed by atoms with Gasteiger partial charge in [0.2, 0.25) is 0 Å². The van der Waals surface area contributed by atoms with Crippen molar-refractivity contribution >= 4 is 10.9 Å². The van der Waals surface area contributed by atoms with Gasteiger partial charge in [-0.05, 0) is 48.9 Å². The first-order chi connectivity index (χ1) is 11.8. The van der Waals surface area contributed by atoms with E-state index >= 15 is 0 Å². The Labute approximate surface area is 141 Å². The molecule has 0 saturated carbocycles. The highest BCUT2D eigenvalue weighted by Crippen LogP contribution is 2.28. The third kappa shape index (κ3) is 2.89. The fourth-order valence-electron chi connectivity index (χ4n) is 3.58. The normalized spacial score (nSPS) is 14.4. The molecule has 2 heterocycles. The van der Waals surface area contributed by atoms with Crippen molar-refractivity contribution in [2.75, 3.05) is 19.7 Å². The molecule has 4 rings (SSSR count). The van der Waals surface area contributed by atoms with Crippen molar-refractivity contribution in [2.24, 2.45) is 0 Å². The second-order valence-electron chi connectivity index (χ2n) is 6.15. The van der Waals surface area contributed by atoms with E-state index in [-0.39, 0.29) is 5.82 Å². The maximum absolute atomic E-state index is 13.0. The van der Waals surface area contributed by atoms with Crippen LogP contribution in [0.15, 0.2) is 48.5 Å². The van der Waals surface area contributed by atoms with Crippen LogP contribution in [0.3, 0.4) is 0 Å². The second-order valence-corrected chi connectivity index (χ2v) is 6.15. The summed E-state index contributed by atoms with van der Waals surface area (Å²) in [6, 6.07) is 14.8. The highest BCUT2D eigenvalue weighted by Gasteiger charge is 2.18. The molecule has 1 aliphatic rings. The van der Waals surface area contributed by atoms with E-state index in [9.17, 15) is 4.39 Å². The van der Waals surface area contributed by atoms with Crippen molar-refractivity contribution in [3.8, 4) is 5.75 Å². The Morgan fingerprint density at radius 3 is 2.67 bits per heavy atom. The fraction of sp³-hybridized carbons (Fsp3) is 0.300. The van der Waals surface area contributed by atoms with Gasteiger partial charge in [-0.3, -0.25) is 0 Å². The minimum absolute atomic E-state index is 0.239. The third-order valence-electron chi connectivity index (χ3n) is 4.68. The van der Waals surface area contributed by atoms with Gasteiger partial charge in [-0.15, -0.1) is 0 Å². The summed E-state index contributed by atoms with van der Waals surface area (Å²) in [5.74, 6) is 0.470. The van der Waals surface area contributed by atoms with Gasteiger partial charge in [0.15, 0.2) is 0 Å². The van der Waals surface area contributed by atoms with Crippen LogP contribution in [0.2, 0.25) is 0 Å². The van der Waals surface area contributed by atoms with E-state index in [2.05, 4.69) is 34.1 Å². The average Bonchev–Trinajstić information content (AvgIpc) is 2.76. The monoisotopic (exact) mass is 324 g/mol. The molecule has 1 N–H and O–H groups in total. The van der Waals surface area contributed by atoms with Crippen LogP contribution in [0.1, 0.15) is 11.3 Å². The summed E-state index contributed by atoms with van der Waals surface area (Å²) in [5.41, 5.74) is 4.17. The molecular weight excluding hydrogens is 303 g/mol. The van der Waals surface area contributed by atoms with E-state index in [1.54, 1.807) is 12.1 Å². The van der Waals surface area contributed by atoms with Gasteiger partial charge in [0, 0.05) is 29.6 Å². The third-order valence-corrected chi connectivity index (χ3v) is 4.68. The first-order valence-electron chi connectivity index (χ1n) is 8.51. The molecule has 2 aromatic carbocycles. The van der Waals surface area contributed by atoms with E-state index in [4.69, 9.17) is 4.74 Å². The van der Waals surface area contributed by atoms with E-state index in [0.29, 0.717) is 12.4 Å². The van der Waals surface area contributed by atoms with Crippen LogP contribution in [0.25, 0.3) is 10.9 Å². The summed E-state index contributed by atoms with van der Waals surface area (Å²) in [7, 11) is 0. The molecular formula is C20H21FN2O. The van der Waals surface area contributed by atoms with Gasteiger partial charge < -0.3 is 14.6 Å². The van der Waals surface area contributed by atoms with Crippen LogP contribution < -0.4 is 10.1 Å². The number of aromatic nitrogens is 1. The molecule has 3 nitrogen and oxygen atoms in total. The topological polar surface area (TPSA) is 26.2 Å².